The summed E-state index contributed by atoms with van der Waals surface area (Å²) in [6, 6.07) is 7.33. The lowest BCUT2D eigenvalue weighted by Gasteiger charge is -2.34. The molecule has 1 unspecified atom stereocenters. The third-order valence-corrected chi connectivity index (χ3v) is 6.32. The molecule has 7 heteroatoms. The van der Waals surface area contributed by atoms with Gasteiger partial charge in [-0.05, 0) is 23.6 Å². The molecule has 3 atom stereocenters. The van der Waals surface area contributed by atoms with Crippen molar-refractivity contribution in [2.45, 2.75) is 25.8 Å². The summed E-state index contributed by atoms with van der Waals surface area (Å²) < 4.78 is 5.47. The average Bonchev–Trinajstić information content (AvgIpc) is 3.09. The predicted molar refractivity (Wildman–Crippen MR) is 101 cm³/mol. The fraction of sp³-hybridized carbons (Fsp3) is 0.476. The standard InChI is InChI=1S/C21H24N2O5/c1-14(24)23-8-6-15-4-2-3-5-17(15)18(23)10-19(25)22-11-16-12-28-9-7-21(16,13-22)20(26)27/h2-6,8,16,18H,7,9-13H2,1H3,(H,26,27)/t16-,18?,21+/m0/s1. The number of carbonyl (C=O) groups is 3. The van der Waals surface area contributed by atoms with Crippen molar-refractivity contribution in [3.05, 3.63) is 41.6 Å². The molecule has 0 spiro atoms. The van der Waals surface area contributed by atoms with E-state index in [2.05, 4.69) is 0 Å². The lowest BCUT2D eigenvalue weighted by molar-refractivity contribution is -0.157. The zero-order valence-corrected chi connectivity index (χ0v) is 15.8. The van der Waals surface area contributed by atoms with Gasteiger partial charge in [-0.2, -0.15) is 0 Å². The molecule has 3 heterocycles. The Labute approximate surface area is 163 Å². The van der Waals surface area contributed by atoms with Gasteiger partial charge in [0.15, 0.2) is 0 Å². The zero-order chi connectivity index (χ0) is 19.9. The summed E-state index contributed by atoms with van der Waals surface area (Å²) >= 11 is 0. The highest BCUT2D eigenvalue weighted by atomic mass is 16.5. The molecule has 1 aromatic rings. The maximum Gasteiger partial charge on any atom is 0.311 e. The predicted octanol–water partition coefficient (Wildman–Crippen LogP) is 1.90. The van der Waals surface area contributed by atoms with E-state index in [1.54, 1.807) is 16.0 Å². The minimum atomic E-state index is -0.918. The van der Waals surface area contributed by atoms with Gasteiger partial charge in [-0.3, -0.25) is 14.4 Å². The third-order valence-electron chi connectivity index (χ3n) is 6.32. The van der Waals surface area contributed by atoms with Crippen molar-refractivity contribution in [2.75, 3.05) is 26.3 Å². The Kier molecular flexibility index (Phi) is 4.71. The van der Waals surface area contributed by atoms with E-state index < -0.39 is 11.4 Å². The Bertz CT molecular complexity index is 851. The number of fused-ring (bicyclic) bond motifs is 2. The number of likely N-dealkylation sites (tertiary alicyclic amines) is 1. The molecule has 0 bridgehead atoms. The maximum absolute atomic E-state index is 13.1. The van der Waals surface area contributed by atoms with Crippen LogP contribution in [-0.4, -0.2) is 59.0 Å². The molecule has 0 aliphatic carbocycles. The van der Waals surface area contributed by atoms with Gasteiger partial charge in [0.1, 0.15) is 0 Å². The van der Waals surface area contributed by atoms with Crippen molar-refractivity contribution in [1.82, 2.24) is 9.80 Å². The molecule has 1 aromatic carbocycles. The largest absolute Gasteiger partial charge is 0.481 e. The number of carboxylic acids is 1. The summed E-state index contributed by atoms with van der Waals surface area (Å²) in [5.74, 6) is -1.30. The Balaban J connectivity index is 1.57. The number of nitrogens with zero attached hydrogens (tertiary/aromatic N) is 2. The molecule has 2 amide bonds. The van der Waals surface area contributed by atoms with Gasteiger partial charge in [-0.25, -0.2) is 0 Å². The van der Waals surface area contributed by atoms with E-state index in [0.29, 0.717) is 26.2 Å². The molecule has 148 valence electrons. The molecule has 1 N–H and O–H groups in total. The maximum atomic E-state index is 13.1. The summed E-state index contributed by atoms with van der Waals surface area (Å²) in [4.78, 5) is 40.4. The monoisotopic (exact) mass is 384 g/mol. The van der Waals surface area contributed by atoms with Gasteiger partial charge in [0.05, 0.1) is 24.5 Å². The minimum Gasteiger partial charge on any atom is -0.481 e. The molecule has 0 saturated carbocycles. The number of hydrogen-bond acceptors (Lipinski definition) is 4. The molecule has 3 aliphatic heterocycles. The van der Waals surface area contributed by atoms with Crippen LogP contribution in [0.4, 0.5) is 0 Å². The molecule has 0 aromatic heterocycles. The van der Waals surface area contributed by atoms with Crippen LogP contribution in [0.5, 0.6) is 0 Å². The third kappa shape index (κ3) is 2.99. The molecule has 2 saturated heterocycles. The van der Waals surface area contributed by atoms with Gasteiger partial charge in [-0.15, -0.1) is 0 Å². The number of carbonyl (C=O) groups excluding carboxylic acids is 2. The van der Waals surface area contributed by atoms with Crippen LogP contribution in [0.15, 0.2) is 30.5 Å². The normalized spacial score (nSPS) is 28.6. The Hall–Kier alpha value is -2.67. The first-order chi connectivity index (χ1) is 13.4. The molecule has 4 rings (SSSR count). The highest BCUT2D eigenvalue weighted by Gasteiger charge is 2.55. The lowest BCUT2D eigenvalue weighted by Crippen LogP contribution is -2.45. The van der Waals surface area contributed by atoms with Crippen LogP contribution in [0.1, 0.15) is 36.9 Å². The first kappa shape index (κ1) is 18.7. The highest BCUT2D eigenvalue weighted by molar-refractivity contribution is 5.84. The zero-order valence-electron chi connectivity index (χ0n) is 15.8. The molecular weight excluding hydrogens is 360 g/mol. The molecule has 2 fully saturated rings. The number of ether oxygens (including phenoxy) is 1. The number of hydrogen-bond donors (Lipinski definition) is 1. The van der Waals surface area contributed by atoms with Gasteiger partial charge in [0, 0.05) is 38.7 Å². The molecule has 28 heavy (non-hydrogen) atoms. The minimum absolute atomic E-state index is 0.128. The van der Waals surface area contributed by atoms with Crippen LogP contribution < -0.4 is 0 Å². The topological polar surface area (TPSA) is 87.2 Å². The van der Waals surface area contributed by atoms with Crippen LogP contribution in [0.2, 0.25) is 0 Å². The molecular formula is C21H24N2O5. The van der Waals surface area contributed by atoms with Crippen LogP contribution in [0.25, 0.3) is 6.08 Å². The number of aliphatic carboxylic acids is 1. The van der Waals surface area contributed by atoms with Crippen LogP contribution in [-0.2, 0) is 19.1 Å². The highest BCUT2D eigenvalue weighted by Crippen LogP contribution is 2.43. The van der Waals surface area contributed by atoms with Gasteiger partial charge < -0.3 is 19.6 Å². The van der Waals surface area contributed by atoms with E-state index in [-0.39, 0.29) is 36.7 Å². The van der Waals surface area contributed by atoms with Gasteiger partial charge >= 0.3 is 5.97 Å². The number of amides is 2. The van der Waals surface area contributed by atoms with E-state index >= 15 is 0 Å². The van der Waals surface area contributed by atoms with Crippen molar-refractivity contribution < 1.29 is 24.2 Å². The van der Waals surface area contributed by atoms with E-state index in [9.17, 15) is 19.5 Å². The Morgan fingerprint density at radius 3 is 2.79 bits per heavy atom. The summed E-state index contributed by atoms with van der Waals surface area (Å²) in [6.07, 6.45) is 4.15. The Morgan fingerprint density at radius 2 is 2.07 bits per heavy atom. The van der Waals surface area contributed by atoms with Crippen molar-refractivity contribution in [2.24, 2.45) is 11.3 Å². The fourth-order valence-electron chi connectivity index (χ4n) is 4.70. The number of benzene rings is 1. The van der Waals surface area contributed by atoms with Crippen molar-refractivity contribution in [1.29, 1.82) is 0 Å². The first-order valence-corrected chi connectivity index (χ1v) is 9.57. The summed E-state index contributed by atoms with van der Waals surface area (Å²) in [5, 5.41) is 9.81. The Morgan fingerprint density at radius 1 is 1.29 bits per heavy atom. The van der Waals surface area contributed by atoms with E-state index in [0.717, 1.165) is 11.1 Å². The first-order valence-electron chi connectivity index (χ1n) is 9.57. The van der Waals surface area contributed by atoms with E-state index in [4.69, 9.17) is 4.74 Å². The summed E-state index contributed by atoms with van der Waals surface area (Å²) in [7, 11) is 0. The SMILES string of the molecule is CC(=O)N1C=Cc2ccccc2C1CC(=O)N1C[C@H]2COCC[C@@]2(C(=O)O)C1. The molecule has 0 radical (unpaired) electrons. The quantitative estimate of drug-likeness (QED) is 0.860. The molecule has 3 aliphatic rings. The smallest absolute Gasteiger partial charge is 0.311 e. The summed E-state index contributed by atoms with van der Waals surface area (Å²) in [5.41, 5.74) is 1.00. The lowest BCUT2D eigenvalue weighted by atomic mass is 9.74. The number of rotatable bonds is 3. The van der Waals surface area contributed by atoms with Gasteiger partial charge in [-0.1, -0.05) is 24.3 Å². The average molecular weight is 384 g/mol. The second-order valence-electron chi connectivity index (χ2n) is 7.85. The second kappa shape index (κ2) is 7.05. The fourth-order valence-corrected chi connectivity index (χ4v) is 4.70. The summed E-state index contributed by atoms with van der Waals surface area (Å²) in [6.45, 7) is 2.85. The van der Waals surface area contributed by atoms with Crippen LogP contribution in [0.3, 0.4) is 0 Å². The second-order valence-corrected chi connectivity index (χ2v) is 7.85. The van der Waals surface area contributed by atoms with Crippen molar-refractivity contribution in [3.8, 4) is 0 Å². The van der Waals surface area contributed by atoms with Gasteiger partial charge in [0.25, 0.3) is 0 Å². The van der Waals surface area contributed by atoms with Crippen LogP contribution >= 0.6 is 0 Å². The van der Waals surface area contributed by atoms with E-state index in [1.807, 2.05) is 30.3 Å². The number of carboxylic acid groups (broad SMARTS) is 1. The van der Waals surface area contributed by atoms with Crippen molar-refractivity contribution in [3.63, 3.8) is 0 Å². The van der Waals surface area contributed by atoms with Crippen molar-refractivity contribution >= 4 is 23.9 Å². The van der Waals surface area contributed by atoms with Gasteiger partial charge in [0.2, 0.25) is 11.8 Å². The van der Waals surface area contributed by atoms with E-state index in [1.165, 1.54) is 6.92 Å². The molecule has 7 nitrogen and oxygen atoms in total. The van der Waals surface area contributed by atoms with Crippen LogP contribution in [0, 0.1) is 11.3 Å².